The lowest BCUT2D eigenvalue weighted by atomic mass is 10.1. The molecule has 23 heavy (non-hydrogen) atoms. The van der Waals surface area contributed by atoms with Gasteiger partial charge in [0.05, 0.1) is 0 Å². The maximum atomic E-state index is 12.6. The number of ether oxygens (including phenoxy) is 2. The van der Waals surface area contributed by atoms with Crippen LogP contribution in [0.5, 0.6) is 0 Å². The molecule has 1 fully saturated rings. The molecule has 5 nitrogen and oxygen atoms in total. The molecule has 1 saturated heterocycles. The third-order valence-corrected chi connectivity index (χ3v) is 3.49. The molecule has 0 spiro atoms. The van der Waals surface area contributed by atoms with Crippen molar-refractivity contribution in [3.63, 3.8) is 0 Å². The minimum Gasteiger partial charge on any atom is -0.458 e. The van der Waals surface area contributed by atoms with Gasteiger partial charge >= 0.3 is 12.1 Å². The van der Waals surface area contributed by atoms with Gasteiger partial charge in [-0.3, -0.25) is 4.90 Å². The van der Waals surface area contributed by atoms with Crippen LogP contribution in [0, 0.1) is 0 Å². The van der Waals surface area contributed by atoms with Crippen LogP contribution in [0.2, 0.25) is 0 Å². The van der Waals surface area contributed by atoms with Crippen LogP contribution in [0.4, 0.5) is 4.79 Å². The second-order valence-corrected chi connectivity index (χ2v) is 8.03. The second-order valence-electron chi connectivity index (χ2n) is 8.03. The first kappa shape index (κ1) is 19.5. The van der Waals surface area contributed by atoms with Crippen molar-refractivity contribution in [2.75, 3.05) is 0 Å². The number of nitrogens with zero attached hydrogens (tertiary/aromatic N) is 1. The standard InChI is InChI=1S/C18H31NO4/c1-8-9-10-13-11-12-14(15(20)22-17(2,3)4)19(13)16(21)23-18(5,6)7/h8,13-14H,1,9-12H2,2-7H3/t13-,14-/m0/s1. The molecule has 1 aliphatic rings. The first-order chi connectivity index (χ1) is 10.4. The molecule has 2 atom stereocenters. The van der Waals surface area contributed by atoms with E-state index < -0.39 is 23.3 Å². The quantitative estimate of drug-likeness (QED) is 0.578. The highest BCUT2D eigenvalue weighted by Gasteiger charge is 2.44. The first-order valence-corrected chi connectivity index (χ1v) is 8.29. The van der Waals surface area contributed by atoms with Crippen molar-refractivity contribution in [2.45, 2.75) is 90.5 Å². The van der Waals surface area contributed by atoms with Crippen LogP contribution in [0.1, 0.15) is 67.2 Å². The van der Waals surface area contributed by atoms with E-state index in [0.29, 0.717) is 6.42 Å². The SMILES string of the molecule is C=CCC[C@H]1CC[C@@H](C(=O)OC(C)(C)C)N1C(=O)OC(C)(C)C. The zero-order valence-electron chi connectivity index (χ0n) is 15.3. The molecule has 0 bridgehead atoms. The van der Waals surface area contributed by atoms with Crippen molar-refractivity contribution in [3.05, 3.63) is 12.7 Å². The van der Waals surface area contributed by atoms with Crippen LogP contribution in [-0.4, -0.2) is 40.2 Å². The van der Waals surface area contributed by atoms with E-state index in [4.69, 9.17) is 9.47 Å². The molecule has 0 unspecified atom stereocenters. The van der Waals surface area contributed by atoms with Gasteiger partial charge in [-0.2, -0.15) is 0 Å². The van der Waals surface area contributed by atoms with Gasteiger partial charge in [-0.15, -0.1) is 6.58 Å². The minimum absolute atomic E-state index is 0.0135. The van der Waals surface area contributed by atoms with E-state index in [1.54, 1.807) is 4.90 Å². The number of allylic oxidation sites excluding steroid dienone is 1. The highest BCUT2D eigenvalue weighted by Crippen LogP contribution is 2.31. The van der Waals surface area contributed by atoms with Crippen LogP contribution >= 0.6 is 0 Å². The Hall–Kier alpha value is -1.52. The van der Waals surface area contributed by atoms with Crippen molar-refractivity contribution in [2.24, 2.45) is 0 Å². The lowest BCUT2D eigenvalue weighted by molar-refractivity contribution is -0.160. The predicted octanol–water partition coefficient (Wildman–Crippen LogP) is 4.06. The smallest absolute Gasteiger partial charge is 0.411 e. The maximum Gasteiger partial charge on any atom is 0.411 e. The molecule has 0 aromatic carbocycles. The molecule has 0 aromatic heterocycles. The van der Waals surface area contributed by atoms with Crippen molar-refractivity contribution in [1.82, 2.24) is 4.90 Å². The molecular weight excluding hydrogens is 294 g/mol. The number of hydrogen-bond donors (Lipinski definition) is 0. The van der Waals surface area contributed by atoms with Gasteiger partial charge in [0.15, 0.2) is 0 Å². The summed E-state index contributed by atoms with van der Waals surface area (Å²) in [6.45, 7) is 14.7. The number of hydrogen-bond acceptors (Lipinski definition) is 4. The molecule has 0 aromatic rings. The molecule has 132 valence electrons. The molecule has 1 aliphatic heterocycles. The monoisotopic (exact) mass is 325 g/mol. The third-order valence-electron chi connectivity index (χ3n) is 3.49. The van der Waals surface area contributed by atoms with E-state index in [-0.39, 0.29) is 12.0 Å². The Labute approximate surface area is 140 Å². The van der Waals surface area contributed by atoms with E-state index in [1.165, 1.54) is 0 Å². The summed E-state index contributed by atoms with van der Waals surface area (Å²) < 4.78 is 11.0. The summed E-state index contributed by atoms with van der Waals surface area (Å²) in [5.41, 5.74) is -1.17. The van der Waals surface area contributed by atoms with Gasteiger partial charge in [-0.1, -0.05) is 6.08 Å². The van der Waals surface area contributed by atoms with Gasteiger partial charge in [-0.25, -0.2) is 9.59 Å². The number of amides is 1. The van der Waals surface area contributed by atoms with Crippen LogP contribution in [0.3, 0.4) is 0 Å². The highest BCUT2D eigenvalue weighted by molar-refractivity contribution is 5.82. The van der Waals surface area contributed by atoms with Gasteiger partial charge in [0.25, 0.3) is 0 Å². The molecule has 1 amide bonds. The first-order valence-electron chi connectivity index (χ1n) is 8.29. The fraction of sp³-hybridized carbons (Fsp3) is 0.778. The Morgan fingerprint density at radius 3 is 2.13 bits per heavy atom. The topological polar surface area (TPSA) is 55.8 Å². The fourth-order valence-corrected chi connectivity index (χ4v) is 2.67. The Kier molecular flexibility index (Phi) is 6.25. The zero-order valence-corrected chi connectivity index (χ0v) is 15.3. The summed E-state index contributed by atoms with van der Waals surface area (Å²) in [5, 5.41) is 0. The van der Waals surface area contributed by atoms with Crippen molar-refractivity contribution < 1.29 is 19.1 Å². The zero-order chi connectivity index (χ0) is 17.8. The normalized spacial score (nSPS) is 21.9. The molecule has 5 heteroatoms. The minimum atomic E-state index is -0.596. The van der Waals surface area contributed by atoms with E-state index >= 15 is 0 Å². The Morgan fingerprint density at radius 2 is 1.65 bits per heavy atom. The molecule has 1 rings (SSSR count). The van der Waals surface area contributed by atoms with Gasteiger partial charge in [-0.05, 0) is 67.2 Å². The number of carbonyl (C=O) groups is 2. The number of likely N-dealkylation sites (tertiary alicyclic amines) is 1. The lowest BCUT2D eigenvalue weighted by Gasteiger charge is -2.33. The molecular formula is C18H31NO4. The van der Waals surface area contributed by atoms with Crippen LogP contribution in [0.15, 0.2) is 12.7 Å². The van der Waals surface area contributed by atoms with E-state index in [9.17, 15) is 9.59 Å². The average molecular weight is 325 g/mol. The van der Waals surface area contributed by atoms with E-state index in [2.05, 4.69) is 6.58 Å². The predicted molar refractivity (Wildman–Crippen MR) is 90.2 cm³/mol. The molecule has 0 aliphatic carbocycles. The van der Waals surface area contributed by atoms with Gasteiger partial charge < -0.3 is 9.47 Å². The summed E-state index contributed by atoms with van der Waals surface area (Å²) >= 11 is 0. The Bertz CT molecular complexity index is 445. The molecule has 1 heterocycles. The Morgan fingerprint density at radius 1 is 1.09 bits per heavy atom. The van der Waals surface area contributed by atoms with E-state index in [1.807, 2.05) is 47.6 Å². The fourth-order valence-electron chi connectivity index (χ4n) is 2.67. The summed E-state index contributed by atoms with van der Waals surface area (Å²) in [5.74, 6) is -0.357. The number of rotatable bonds is 4. The van der Waals surface area contributed by atoms with Crippen LogP contribution in [0.25, 0.3) is 0 Å². The third kappa shape index (κ3) is 6.24. The second kappa shape index (κ2) is 7.37. The summed E-state index contributed by atoms with van der Waals surface area (Å²) in [6.07, 6.45) is 4.34. The van der Waals surface area contributed by atoms with E-state index in [0.717, 1.165) is 19.3 Å². The van der Waals surface area contributed by atoms with Crippen molar-refractivity contribution in [1.29, 1.82) is 0 Å². The van der Waals surface area contributed by atoms with Gasteiger partial charge in [0.2, 0.25) is 0 Å². The lowest BCUT2D eigenvalue weighted by Crippen LogP contribution is -2.48. The van der Waals surface area contributed by atoms with Crippen molar-refractivity contribution in [3.8, 4) is 0 Å². The van der Waals surface area contributed by atoms with Gasteiger partial charge in [0, 0.05) is 6.04 Å². The largest absolute Gasteiger partial charge is 0.458 e. The van der Waals surface area contributed by atoms with Gasteiger partial charge in [0.1, 0.15) is 17.2 Å². The highest BCUT2D eigenvalue weighted by atomic mass is 16.6. The summed E-state index contributed by atoms with van der Waals surface area (Å²) in [7, 11) is 0. The maximum absolute atomic E-state index is 12.6. The summed E-state index contributed by atoms with van der Waals surface area (Å²) in [6, 6.07) is -0.584. The average Bonchev–Trinajstić information content (AvgIpc) is 2.75. The molecule has 0 saturated carbocycles. The molecule has 0 radical (unpaired) electrons. The molecule has 0 N–H and O–H groups in total. The Balaban J connectivity index is 2.93. The van der Waals surface area contributed by atoms with Crippen LogP contribution in [-0.2, 0) is 14.3 Å². The number of esters is 1. The summed E-state index contributed by atoms with van der Waals surface area (Å²) in [4.78, 5) is 26.6. The number of carbonyl (C=O) groups excluding carboxylic acids is 2. The van der Waals surface area contributed by atoms with Crippen molar-refractivity contribution >= 4 is 12.1 Å². The van der Waals surface area contributed by atoms with Crippen LogP contribution < -0.4 is 0 Å².